The van der Waals surface area contributed by atoms with E-state index < -0.39 is 0 Å². The van der Waals surface area contributed by atoms with Gasteiger partial charge in [0.2, 0.25) is 0 Å². The number of rotatable bonds is 6. The largest absolute Gasteiger partial charge is 0.380 e. The lowest BCUT2D eigenvalue weighted by atomic mass is 9.80. The van der Waals surface area contributed by atoms with E-state index in [1.165, 1.54) is 32.1 Å². The third-order valence-corrected chi connectivity index (χ3v) is 3.48. The Morgan fingerprint density at radius 2 is 2.00 bits per heavy atom. The van der Waals surface area contributed by atoms with E-state index in [0.29, 0.717) is 6.10 Å². The van der Waals surface area contributed by atoms with E-state index >= 15 is 0 Å². The first-order chi connectivity index (χ1) is 7.16. The van der Waals surface area contributed by atoms with Crippen molar-refractivity contribution in [3.63, 3.8) is 0 Å². The van der Waals surface area contributed by atoms with Crippen molar-refractivity contribution in [3.8, 4) is 0 Å². The van der Waals surface area contributed by atoms with Crippen LogP contribution in [0.15, 0.2) is 0 Å². The van der Waals surface area contributed by atoms with E-state index in [1.54, 1.807) is 7.11 Å². The summed E-state index contributed by atoms with van der Waals surface area (Å²) in [6, 6.07) is 0. The molecule has 0 spiro atoms. The Bertz CT molecular complexity index is 167. The predicted octanol–water partition coefficient (Wildman–Crippen LogP) is 1.66. The van der Waals surface area contributed by atoms with Crippen LogP contribution in [0.1, 0.15) is 45.4 Å². The summed E-state index contributed by atoms with van der Waals surface area (Å²) in [5, 5.41) is 3.40. The molecule has 3 N–H and O–H groups in total. The highest BCUT2D eigenvalue weighted by Gasteiger charge is 2.26. The first-order valence-corrected chi connectivity index (χ1v) is 6.19. The van der Waals surface area contributed by atoms with Crippen LogP contribution in [-0.4, -0.2) is 31.8 Å². The van der Waals surface area contributed by atoms with Crippen LogP contribution in [0.3, 0.4) is 0 Å². The zero-order valence-corrected chi connectivity index (χ0v) is 10.2. The Kier molecular flexibility index (Phi) is 5.58. The second-order valence-electron chi connectivity index (χ2n) is 4.92. The van der Waals surface area contributed by atoms with Crippen LogP contribution < -0.4 is 11.1 Å². The van der Waals surface area contributed by atoms with Crippen LogP contribution in [0.4, 0.5) is 0 Å². The van der Waals surface area contributed by atoms with Gasteiger partial charge in [0, 0.05) is 19.2 Å². The molecule has 0 aromatic heterocycles. The maximum absolute atomic E-state index is 6.34. The number of nitrogens with two attached hydrogens (primary N) is 1. The summed E-state index contributed by atoms with van der Waals surface area (Å²) in [7, 11) is 1.75. The van der Waals surface area contributed by atoms with Crippen molar-refractivity contribution in [1.82, 2.24) is 5.32 Å². The molecule has 1 aliphatic carbocycles. The Labute approximate surface area is 93.8 Å². The minimum absolute atomic E-state index is 0.113. The van der Waals surface area contributed by atoms with Crippen molar-refractivity contribution >= 4 is 0 Å². The number of ether oxygens (including phenoxy) is 1. The first kappa shape index (κ1) is 12.9. The summed E-state index contributed by atoms with van der Waals surface area (Å²) < 4.78 is 5.17. The molecule has 0 heterocycles. The minimum Gasteiger partial charge on any atom is -0.380 e. The molecule has 1 aliphatic rings. The molecule has 90 valence electrons. The SMILES string of the molecule is COC(C)CNCCC1(N)CCCCC1. The zero-order chi connectivity index (χ0) is 11.1. The molecule has 0 bridgehead atoms. The smallest absolute Gasteiger partial charge is 0.0667 e. The zero-order valence-electron chi connectivity index (χ0n) is 10.2. The molecule has 3 nitrogen and oxygen atoms in total. The monoisotopic (exact) mass is 214 g/mol. The lowest BCUT2D eigenvalue weighted by Gasteiger charge is -2.33. The van der Waals surface area contributed by atoms with Gasteiger partial charge in [0.25, 0.3) is 0 Å². The predicted molar refractivity (Wildman–Crippen MR) is 64.0 cm³/mol. The van der Waals surface area contributed by atoms with Gasteiger partial charge in [-0.15, -0.1) is 0 Å². The van der Waals surface area contributed by atoms with Crippen molar-refractivity contribution in [2.45, 2.75) is 57.1 Å². The van der Waals surface area contributed by atoms with Crippen molar-refractivity contribution in [3.05, 3.63) is 0 Å². The van der Waals surface area contributed by atoms with Gasteiger partial charge >= 0.3 is 0 Å². The van der Waals surface area contributed by atoms with Gasteiger partial charge in [0.15, 0.2) is 0 Å². The highest BCUT2D eigenvalue weighted by atomic mass is 16.5. The minimum atomic E-state index is 0.113. The average molecular weight is 214 g/mol. The molecule has 15 heavy (non-hydrogen) atoms. The molecule has 1 saturated carbocycles. The first-order valence-electron chi connectivity index (χ1n) is 6.19. The maximum Gasteiger partial charge on any atom is 0.0667 e. The van der Waals surface area contributed by atoms with Crippen LogP contribution in [0.25, 0.3) is 0 Å². The fourth-order valence-corrected chi connectivity index (χ4v) is 2.23. The average Bonchev–Trinajstić information content (AvgIpc) is 2.25. The highest BCUT2D eigenvalue weighted by molar-refractivity contribution is 4.87. The summed E-state index contributed by atoms with van der Waals surface area (Å²) in [5.41, 5.74) is 6.45. The standard InChI is InChI=1S/C12H26N2O/c1-11(15-2)10-14-9-8-12(13)6-4-3-5-7-12/h11,14H,3-10,13H2,1-2H3. The van der Waals surface area contributed by atoms with Gasteiger partial charge in [-0.1, -0.05) is 19.3 Å². The van der Waals surface area contributed by atoms with Gasteiger partial charge in [-0.05, 0) is 32.7 Å². The molecule has 0 saturated heterocycles. The third kappa shape index (κ3) is 4.96. The molecular formula is C12H26N2O. The van der Waals surface area contributed by atoms with E-state index in [1.807, 2.05) is 0 Å². The molecule has 0 radical (unpaired) electrons. The Morgan fingerprint density at radius 1 is 1.33 bits per heavy atom. The van der Waals surface area contributed by atoms with Gasteiger partial charge in [0.1, 0.15) is 0 Å². The number of hydrogen-bond acceptors (Lipinski definition) is 3. The van der Waals surface area contributed by atoms with Gasteiger partial charge in [-0.25, -0.2) is 0 Å². The van der Waals surface area contributed by atoms with E-state index in [0.717, 1.165) is 19.5 Å². The van der Waals surface area contributed by atoms with Gasteiger partial charge in [0.05, 0.1) is 6.10 Å². The van der Waals surface area contributed by atoms with E-state index in [4.69, 9.17) is 10.5 Å². The molecule has 1 rings (SSSR count). The molecule has 0 aromatic rings. The van der Waals surface area contributed by atoms with Crippen LogP contribution in [0.2, 0.25) is 0 Å². The lowest BCUT2D eigenvalue weighted by Crippen LogP contribution is -2.44. The summed E-state index contributed by atoms with van der Waals surface area (Å²) in [4.78, 5) is 0. The second-order valence-corrected chi connectivity index (χ2v) is 4.92. The number of methoxy groups -OCH3 is 1. The van der Waals surface area contributed by atoms with Crippen LogP contribution in [-0.2, 0) is 4.74 Å². The van der Waals surface area contributed by atoms with Crippen LogP contribution in [0, 0.1) is 0 Å². The molecule has 0 amide bonds. The Hall–Kier alpha value is -0.120. The van der Waals surface area contributed by atoms with Crippen LogP contribution in [0.5, 0.6) is 0 Å². The molecule has 0 aliphatic heterocycles. The quantitative estimate of drug-likeness (QED) is 0.661. The van der Waals surface area contributed by atoms with Crippen molar-refractivity contribution in [2.75, 3.05) is 20.2 Å². The highest BCUT2D eigenvalue weighted by Crippen LogP contribution is 2.28. The third-order valence-electron chi connectivity index (χ3n) is 3.48. The van der Waals surface area contributed by atoms with Gasteiger partial charge < -0.3 is 15.8 Å². The van der Waals surface area contributed by atoms with Crippen LogP contribution >= 0.6 is 0 Å². The lowest BCUT2D eigenvalue weighted by molar-refractivity contribution is 0.116. The Morgan fingerprint density at radius 3 is 2.60 bits per heavy atom. The molecular weight excluding hydrogens is 188 g/mol. The normalized spacial score (nSPS) is 22.6. The maximum atomic E-state index is 6.34. The van der Waals surface area contributed by atoms with Gasteiger partial charge in [-0.2, -0.15) is 0 Å². The number of hydrogen-bond donors (Lipinski definition) is 2. The van der Waals surface area contributed by atoms with E-state index in [2.05, 4.69) is 12.2 Å². The van der Waals surface area contributed by atoms with Crippen molar-refractivity contribution in [2.24, 2.45) is 5.73 Å². The molecule has 0 aromatic carbocycles. The van der Waals surface area contributed by atoms with Gasteiger partial charge in [-0.3, -0.25) is 0 Å². The summed E-state index contributed by atoms with van der Waals surface area (Å²) in [6.07, 6.45) is 7.79. The fraction of sp³-hybridized carbons (Fsp3) is 1.00. The topological polar surface area (TPSA) is 47.3 Å². The number of nitrogens with one attached hydrogen (secondary N) is 1. The van der Waals surface area contributed by atoms with E-state index in [-0.39, 0.29) is 5.54 Å². The van der Waals surface area contributed by atoms with E-state index in [9.17, 15) is 0 Å². The second kappa shape index (κ2) is 6.46. The van der Waals surface area contributed by atoms with Crippen molar-refractivity contribution in [1.29, 1.82) is 0 Å². The molecule has 3 heteroatoms. The molecule has 1 unspecified atom stereocenters. The summed E-state index contributed by atoms with van der Waals surface area (Å²) >= 11 is 0. The summed E-state index contributed by atoms with van der Waals surface area (Å²) in [6.45, 7) is 4.02. The summed E-state index contributed by atoms with van der Waals surface area (Å²) in [5.74, 6) is 0. The Balaban J connectivity index is 2.08. The fourth-order valence-electron chi connectivity index (χ4n) is 2.23. The molecule has 1 atom stereocenters. The van der Waals surface area contributed by atoms with Crippen molar-refractivity contribution < 1.29 is 4.74 Å². The molecule has 1 fully saturated rings.